The molecule has 0 bridgehead atoms. The SMILES string of the molecule is C=C/C(=C\C=C/C)Nc1cc(=O)c2c(N(CC)CCN(C)C)csc2n1-c1ccccc1. The first-order valence-corrected chi connectivity index (χ1v) is 11.7. The van der Waals surface area contributed by atoms with Crippen molar-refractivity contribution in [1.82, 2.24) is 9.47 Å². The first-order chi connectivity index (χ1) is 15.5. The summed E-state index contributed by atoms with van der Waals surface area (Å²) < 4.78 is 2.12. The maximum atomic E-state index is 13.4. The predicted octanol–water partition coefficient (Wildman–Crippen LogP) is 5.50. The van der Waals surface area contributed by atoms with Crippen molar-refractivity contribution in [2.24, 2.45) is 0 Å². The second kappa shape index (κ2) is 11.0. The molecular formula is C26H32N4OS. The summed E-state index contributed by atoms with van der Waals surface area (Å²) in [5.41, 5.74) is 2.84. The van der Waals surface area contributed by atoms with Crippen LogP contribution >= 0.6 is 11.3 Å². The molecule has 0 saturated heterocycles. The summed E-state index contributed by atoms with van der Waals surface area (Å²) in [5, 5.41) is 6.27. The molecule has 168 valence electrons. The van der Waals surface area contributed by atoms with Crippen molar-refractivity contribution in [3.63, 3.8) is 0 Å². The molecule has 2 aromatic heterocycles. The monoisotopic (exact) mass is 448 g/mol. The van der Waals surface area contributed by atoms with Crippen LogP contribution < -0.4 is 15.6 Å². The lowest BCUT2D eigenvalue weighted by Crippen LogP contribution is -2.31. The van der Waals surface area contributed by atoms with Gasteiger partial charge in [0, 0.05) is 42.5 Å². The molecule has 0 aliphatic carbocycles. The minimum absolute atomic E-state index is 0.0173. The van der Waals surface area contributed by atoms with E-state index in [1.54, 1.807) is 23.5 Å². The fourth-order valence-electron chi connectivity index (χ4n) is 3.54. The third-order valence-electron chi connectivity index (χ3n) is 5.22. The molecule has 3 aromatic rings. The molecule has 0 saturated carbocycles. The number of fused-ring (bicyclic) bond motifs is 1. The Hall–Kier alpha value is -3.09. The zero-order valence-corrected chi connectivity index (χ0v) is 20.2. The highest BCUT2D eigenvalue weighted by Gasteiger charge is 2.19. The van der Waals surface area contributed by atoms with Crippen molar-refractivity contribution in [2.75, 3.05) is 43.9 Å². The number of nitrogens with one attached hydrogen (secondary N) is 1. The van der Waals surface area contributed by atoms with Crippen LogP contribution in [-0.4, -0.2) is 43.2 Å². The third kappa shape index (κ3) is 5.21. The zero-order chi connectivity index (χ0) is 23.1. The molecule has 0 amide bonds. The number of hydrogen-bond donors (Lipinski definition) is 1. The Morgan fingerprint density at radius 1 is 1.22 bits per heavy atom. The van der Waals surface area contributed by atoms with Crippen LogP contribution in [-0.2, 0) is 0 Å². The van der Waals surface area contributed by atoms with E-state index in [0.29, 0.717) is 5.82 Å². The van der Waals surface area contributed by atoms with Crippen LogP contribution in [0.3, 0.4) is 0 Å². The number of anilines is 2. The summed E-state index contributed by atoms with van der Waals surface area (Å²) in [6.07, 6.45) is 7.60. The van der Waals surface area contributed by atoms with E-state index in [1.807, 2.05) is 43.4 Å². The van der Waals surface area contributed by atoms with Gasteiger partial charge in [-0.25, -0.2) is 0 Å². The van der Waals surface area contributed by atoms with Gasteiger partial charge in [0.2, 0.25) is 0 Å². The van der Waals surface area contributed by atoms with Gasteiger partial charge in [0.25, 0.3) is 0 Å². The summed E-state index contributed by atoms with van der Waals surface area (Å²) >= 11 is 1.60. The molecular weight excluding hydrogens is 416 g/mol. The first-order valence-electron chi connectivity index (χ1n) is 10.8. The fraction of sp³-hybridized carbons (Fsp3) is 0.269. The Bertz CT molecular complexity index is 1170. The van der Waals surface area contributed by atoms with Gasteiger partial charge in [-0.3, -0.25) is 9.36 Å². The van der Waals surface area contributed by atoms with Crippen molar-refractivity contribution < 1.29 is 0 Å². The maximum Gasteiger partial charge on any atom is 0.194 e. The van der Waals surface area contributed by atoms with Crippen LogP contribution in [0.5, 0.6) is 0 Å². The van der Waals surface area contributed by atoms with Crippen molar-refractivity contribution in [3.05, 3.63) is 88.6 Å². The van der Waals surface area contributed by atoms with Gasteiger partial charge < -0.3 is 15.1 Å². The molecule has 3 rings (SSSR count). The number of aromatic nitrogens is 1. The highest BCUT2D eigenvalue weighted by atomic mass is 32.1. The predicted molar refractivity (Wildman–Crippen MR) is 141 cm³/mol. The van der Waals surface area contributed by atoms with Gasteiger partial charge in [-0.1, -0.05) is 36.9 Å². The highest BCUT2D eigenvalue weighted by molar-refractivity contribution is 7.17. The second-order valence-corrected chi connectivity index (χ2v) is 8.58. The molecule has 0 radical (unpaired) electrons. The molecule has 0 aliphatic heterocycles. The normalized spacial score (nSPS) is 12.1. The number of thiophene rings is 1. The summed E-state index contributed by atoms with van der Waals surface area (Å²) in [5.74, 6) is 0.717. The van der Waals surface area contributed by atoms with Crippen LogP contribution in [0, 0.1) is 0 Å². The number of pyridine rings is 1. The van der Waals surface area contributed by atoms with E-state index >= 15 is 0 Å². The first kappa shape index (κ1) is 23.6. The molecule has 0 fully saturated rings. The van der Waals surface area contributed by atoms with E-state index in [4.69, 9.17) is 0 Å². The van der Waals surface area contributed by atoms with E-state index < -0.39 is 0 Å². The molecule has 0 atom stereocenters. The topological polar surface area (TPSA) is 40.5 Å². The van der Waals surface area contributed by atoms with Gasteiger partial charge in [0.05, 0.1) is 11.1 Å². The number of para-hydroxylation sites is 1. The molecule has 0 aliphatic rings. The Labute approximate surface area is 194 Å². The molecule has 0 unspecified atom stereocenters. The van der Waals surface area contributed by atoms with Gasteiger partial charge in [-0.05, 0) is 52.2 Å². The standard InChI is InChI=1S/C26H32N4OS/c1-6-9-13-20(7-2)27-24-18-23(31)25-22(29(8-3)17-16-28(4)5)19-32-26(25)30(24)21-14-11-10-12-15-21/h6-7,9-15,18-19,27H,2,8,16-17H2,1,3-5H3/b9-6-,20-13+. The van der Waals surface area contributed by atoms with E-state index in [9.17, 15) is 4.79 Å². The molecule has 32 heavy (non-hydrogen) atoms. The minimum atomic E-state index is 0.0173. The van der Waals surface area contributed by atoms with Crippen LogP contribution in [0.2, 0.25) is 0 Å². The van der Waals surface area contributed by atoms with E-state index in [2.05, 4.69) is 64.8 Å². The fourth-order valence-corrected chi connectivity index (χ4v) is 4.66. The minimum Gasteiger partial charge on any atom is -0.369 e. The van der Waals surface area contributed by atoms with Gasteiger partial charge in [-0.15, -0.1) is 11.3 Å². The third-order valence-corrected chi connectivity index (χ3v) is 6.18. The molecule has 1 N–H and O–H groups in total. The van der Waals surface area contributed by atoms with Gasteiger partial charge in [0.15, 0.2) is 5.43 Å². The quantitative estimate of drug-likeness (QED) is 0.416. The lowest BCUT2D eigenvalue weighted by molar-refractivity contribution is 0.414. The molecule has 6 heteroatoms. The number of likely N-dealkylation sites (N-methyl/N-ethyl adjacent to an activating group) is 2. The number of benzene rings is 1. The Kier molecular flexibility index (Phi) is 8.09. The second-order valence-electron chi connectivity index (χ2n) is 7.73. The van der Waals surface area contributed by atoms with E-state index in [1.165, 1.54) is 0 Å². The van der Waals surface area contributed by atoms with Crippen LogP contribution in [0.25, 0.3) is 15.9 Å². The smallest absolute Gasteiger partial charge is 0.194 e. The maximum absolute atomic E-state index is 13.4. The molecule has 0 spiro atoms. The summed E-state index contributed by atoms with van der Waals surface area (Å²) in [4.78, 5) is 18.7. The Morgan fingerprint density at radius 2 is 1.97 bits per heavy atom. The summed E-state index contributed by atoms with van der Waals surface area (Å²) in [6.45, 7) is 10.6. The van der Waals surface area contributed by atoms with Crippen LogP contribution in [0.4, 0.5) is 11.5 Å². The van der Waals surface area contributed by atoms with Crippen molar-refractivity contribution >= 4 is 33.1 Å². The average molecular weight is 449 g/mol. The lowest BCUT2D eigenvalue weighted by Gasteiger charge is -2.24. The van der Waals surface area contributed by atoms with Gasteiger partial charge in [-0.2, -0.15) is 0 Å². The number of rotatable bonds is 10. The largest absolute Gasteiger partial charge is 0.369 e. The Morgan fingerprint density at radius 3 is 2.59 bits per heavy atom. The summed E-state index contributed by atoms with van der Waals surface area (Å²) in [6, 6.07) is 11.8. The average Bonchev–Trinajstić information content (AvgIpc) is 3.23. The van der Waals surface area contributed by atoms with Crippen molar-refractivity contribution in [3.8, 4) is 5.69 Å². The molecule has 2 heterocycles. The van der Waals surface area contributed by atoms with Crippen LogP contribution in [0.15, 0.2) is 83.2 Å². The van der Waals surface area contributed by atoms with Gasteiger partial charge >= 0.3 is 0 Å². The van der Waals surface area contributed by atoms with E-state index in [-0.39, 0.29) is 5.43 Å². The highest BCUT2D eigenvalue weighted by Crippen LogP contribution is 2.34. The number of nitrogens with zero attached hydrogens (tertiary/aromatic N) is 3. The number of hydrogen-bond acceptors (Lipinski definition) is 5. The van der Waals surface area contributed by atoms with Crippen molar-refractivity contribution in [2.45, 2.75) is 13.8 Å². The van der Waals surface area contributed by atoms with E-state index in [0.717, 1.165) is 46.9 Å². The molecule has 1 aromatic carbocycles. The van der Waals surface area contributed by atoms with Gasteiger partial charge in [0.1, 0.15) is 10.6 Å². The zero-order valence-electron chi connectivity index (χ0n) is 19.3. The van der Waals surface area contributed by atoms with Crippen molar-refractivity contribution in [1.29, 1.82) is 0 Å². The summed E-state index contributed by atoms with van der Waals surface area (Å²) in [7, 11) is 4.14. The Balaban J connectivity index is 2.21. The van der Waals surface area contributed by atoms with Crippen LogP contribution in [0.1, 0.15) is 13.8 Å². The lowest BCUT2D eigenvalue weighted by atomic mass is 10.2. The number of allylic oxidation sites excluding steroid dienone is 4. The molecule has 5 nitrogen and oxygen atoms in total.